The van der Waals surface area contributed by atoms with E-state index in [2.05, 4.69) is 20.9 Å². The zero-order chi connectivity index (χ0) is 15.1. The van der Waals surface area contributed by atoms with Crippen LogP contribution < -0.4 is 16.0 Å². The number of nitrogens with zero attached hydrogens (tertiary/aromatic N) is 1. The first-order valence-electron chi connectivity index (χ1n) is 6.92. The second-order valence-corrected chi connectivity index (χ2v) is 4.87. The van der Waals surface area contributed by atoms with Crippen LogP contribution in [0.25, 0.3) is 0 Å². The van der Waals surface area contributed by atoms with Crippen molar-refractivity contribution in [2.75, 3.05) is 24.2 Å². The Labute approximate surface area is 149 Å². The Kier molecular flexibility index (Phi) is 9.97. The standard InChI is InChI=1S/C16H20N4O.2ClH/c1-12(10-17-2)16(21)20-14-8-9-15(18-11-14)19-13-6-4-3-5-7-13;;/h3-9,11-12,17H,10H2,1-2H3,(H,18,19)(H,20,21);2*1H. The molecule has 0 saturated carbocycles. The summed E-state index contributed by atoms with van der Waals surface area (Å²) in [5.41, 5.74) is 1.67. The fourth-order valence-electron chi connectivity index (χ4n) is 1.88. The van der Waals surface area contributed by atoms with Crippen molar-refractivity contribution in [1.29, 1.82) is 0 Å². The van der Waals surface area contributed by atoms with Crippen LogP contribution in [0.3, 0.4) is 0 Å². The zero-order valence-electron chi connectivity index (χ0n) is 13.1. The van der Waals surface area contributed by atoms with E-state index in [1.165, 1.54) is 0 Å². The van der Waals surface area contributed by atoms with Gasteiger partial charge in [-0.05, 0) is 31.3 Å². The van der Waals surface area contributed by atoms with Gasteiger partial charge in [0, 0.05) is 18.2 Å². The number of hydrogen-bond acceptors (Lipinski definition) is 4. The molecule has 0 spiro atoms. The minimum atomic E-state index is -0.0860. The molecule has 0 aliphatic carbocycles. The van der Waals surface area contributed by atoms with E-state index in [9.17, 15) is 4.79 Å². The van der Waals surface area contributed by atoms with Gasteiger partial charge in [-0.15, -0.1) is 24.8 Å². The molecule has 2 rings (SSSR count). The molecular formula is C16H22Cl2N4O. The highest BCUT2D eigenvalue weighted by Gasteiger charge is 2.11. The molecule has 0 fully saturated rings. The Bertz CT molecular complexity index is 578. The fraction of sp³-hybridized carbons (Fsp3) is 0.250. The van der Waals surface area contributed by atoms with E-state index < -0.39 is 0 Å². The van der Waals surface area contributed by atoms with E-state index in [0.717, 1.165) is 11.5 Å². The molecule has 7 heteroatoms. The van der Waals surface area contributed by atoms with Gasteiger partial charge >= 0.3 is 0 Å². The smallest absolute Gasteiger partial charge is 0.228 e. The van der Waals surface area contributed by atoms with E-state index in [-0.39, 0.29) is 36.6 Å². The van der Waals surface area contributed by atoms with Crippen molar-refractivity contribution in [2.45, 2.75) is 6.92 Å². The summed E-state index contributed by atoms with van der Waals surface area (Å²) < 4.78 is 0. The Morgan fingerprint density at radius 2 is 1.78 bits per heavy atom. The van der Waals surface area contributed by atoms with Crippen LogP contribution >= 0.6 is 24.8 Å². The first-order chi connectivity index (χ1) is 10.2. The third-order valence-corrected chi connectivity index (χ3v) is 3.04. The molecule has 23 heavy (non-hydrogen) atoms. The molecule has 0 radical (unpaired) electrons. The van der Waals surface area contributed by atoms with Gasteiger partial charge in [0.15, 0.2) is 0 Å². The molecule has 3 N–H and O–H groups in total. The fourth-order valence-corrected chi connectivity index (χ4v) is 1.88. The van der Waals surface area contributed by atoms with Crippen LogP contribution in [0.5, 0.6) is 0 Å². The van der Waals surface area contributed by atoms with E-state index in [1.807, 2.05) is 56.4 Å². The molecule has 2 aromatic rings. The van der Waals surface area contributed by atoms with Crippen LogP contribution in [0.4, 0.5) is 17.2 Å². The SMILES string of the molecule is CNCC(C)C(=O)Nc1ccc(Nc2ccccc2)nc1.Cl.Cl. The van der Waals surface area contributed by atoms with Gasteiger partial charge in [-0.2, -0.15) is 0 Å². The van der Waals surface area contributed by atoms with Crippen molar-refractivity contribution in [3.63, 3.8) is 0 Å². The van der Waals surface area contributed by atoms with Crippen LogP contribution in [-0.4, -0.2) is 24.5 Å². The van der Waals surface area contributed by atoms with Gasteiger partial charge < -0.3 is 16.0 Å². The lowest BCUT2D eigenvalue weighted by Crippen LogP contribution is -2.28. The molecule has 0 saturated heterocycles. The first-order valence-corrected chi connectivity index (χ1v) is 6.92. The highest BCUT2D eigenvalue weighted by atomic mass is 35.5. The second-order valence-electron chi connectivity index (χ2n) is 4.87. The number of amides is 1. The number of aromatic nitrogens is 1. The number of hydrogen-bond donors (Lipinski definition) is 3. The number of nitrogens with one attached hydrogen (secondary N) is 3. The number of para-hydroxylation sites is 1. The lowest BCUT2D eigenvalue weighted by atomic mass is 10.1. The minimum Gasteiger partial charge on any atom is -0.340 e. The summed E-state index contributed by atoms with van der Waals surface area (Å²) in [6.45, 7) is 2.53. The monoisotopic (exact) mass is 356 g/mol. The largest absolute Gasteiger partial charge is 0.340 e. The first kappa shape index (κ1) is 21.2. The van der Waals surface area contributed by atoms with Gasteiger partial charge in [-0.3, -0.25) is 4.79 Å². The number of anilines is 3. The molecule has 126 valence electrons. The van der Waals surface area contributed by atoms with Crippen LogP contribution in [0.1, 0.15) is 6.92 Å². The zero-order valence-corrected chi connectivity index (χ0v) is 14.7. The average molecular weight is 357 g/mol. The van der Waals surface area contributed by atoms with Crippen molar-refractivity contribution in [3.05, 3.63) is 48.7 Å². The van der Waals surface area contributed by atoms with Gasteiger partial charge in [0.25, 0.3) is 0 Å². The summed E-state index contributed by atoms with van der Waals surface area (Å²) in [5.74, 6) is 0.634. The lowest BCUT2D eigenvalue weighted by molar-refractivity contribution is -0.119. The highest BCUT2D eigenvalue weighted by molar-refractivity contribution is 5.92. The Morgan fingerprint density at radius 3 is 2.35 bits per heavy atom. The maximum atomic E-state index is 11.9. The number of carbonyl (C=O) groups excluding carboxylic acids is 1. The topological polar surface area (TPSA) is 66.1 Å². The third kappa shape index (κ3) is 6.86. The predicted molar refractivity (Wildman–Crippen MR) is 100 cm³/mol. The molecule has 0 aliphatic heterocycles. The Hall–Kier alpha value is -1.82. The normalized spacial score (nSPS) is 10.7. The molecule has 0 bridgehead atoms. The molecule has 1 amide bonds. The van der Waals surface area contributed by atoms with E-state index >= 15 is 0 Å². The van der Waals surface area contributed by atoms with E-state index in [4.69, 9.17) is 0 Å². The number of pyridine rings is 1. The Morgan fingerprint density at radius 1 is 1.09 bits per heavy atom. The number of carbonyl (C=O) groups is 1. The van der Waals surface area contributed by atoms with Gasteiger partial charge in [-0.25, -0.2) is 4.98 Å². The molecule has 1 atom stereocenters. The van der Waals surface area contributed by atoms with Crippen molar-refractivity contribution < 1.29 is 4.79 Å². The minimum absolute atomic E-state index is 0. The molecule has 1 unspecified atom stereocenters. The highest BCUT2D eigenvalue weighted by Crippen LogP contribution is 2.16. The van der Waals surface area contributed by atoms with Crippen LogP contribution in [0, 0.1) is 5.92 Å². The molecule has 1 heterocycles. The van der Waals surface area contributed by atoms with Gasteiger partial charge in [-0.1, -0.05) is 25.1 Å². The number of halogens is 2. The predicted octanol–water partition coefficient (Wildman–Crippen LogP) is 3.46. The average Bonchev–Trinajstić information content (AvgIpc) is 2.50. The molecule has 1 aromatic heterocycles. The summed E-state index contributed by atoms with van der Waals surface area (Å²) in [5, 5.41) is 9.03. The summed E-state index contributed by atoms with van der Waals surface area (Å²) in [4.78, 5) is 16.2. The summed E-state index contributed by atoms with van der Waals surface area (Å²) >= 11 is 0. The van der Waals surface area contributed by atoms with Crippen LogP contribution in [-0.2, 0) is 4.79 Å². The lowest BCUT2D eigenvalue weighted by Gasteiger charge is -2.12. The Balaban J connectivity index is 0.00000242. The number of benzene rings is 1. The molecular weight excluding hydrogens is 335 g/mol. The summed E-state index contributed by atoms with van der Waals surface area (Å²) in [6, 6.07) is 13.5. The molecule has 0 aliphatic rings. The molecule has 1 aromatic carbocycles. The van der Waals surface area contributed by atoms with E-state index in [1.54, 1.807) is 6.20 Å². The van der Waals surface area contributed by atoms with Crippen molar-refractivity contribution in [3.8, 4) is 0 Å². The van der Waals surface area contributed by atoms with Crippen LogP contribution in [0.2, 0.25) is 0 Å². The summed E-state index contributed by atoms with van der Waals surface area (Å²) in [6.07, 6.45) is 1.65. The maximum absolute atomic E-state index is 11.9. The van der Waals surface area contributed by atoms with Gasteiger partial charge in [0.2, 0.25) is 5.91 Å². The van der Waals surface area contributed by atoms with E-state index in [0.29, 0.717) is 12.2 Å². The van der Waals surface area contributed by atoms with Crippen molar-refractivity contribution >= 4 is 47.9 Å². The van der Waals surface area contributed by atoms with Crippen molar-refractivity contribution in [2.24, 2.45) is 5.92 Å². The van der Waals surface area contributed by atoms with Crippen LogP contribution in [0.15, 0.2) is 48.7 Å². The van der Waals surface area contributed by atoms with Gasteiger partial charge in [0.1, 0.15) is 5.82 Å². The number of rotatable bonds is 6. The molecule has 5 nitrogen and oxygen atoms in total. The third-order valence-electron chi connectivity index (χ3n) is 3.04. The maximum Gasteiger partial charge on any atom is 0.228 e. The quantitative estimate of drug-likeness (QED) is 0.741. The van der Waals surface area contributed by atoms with Gasteiger partial charge in [0.05, 0.1) is 11.9 Å². The second kappa shape index (κ2) is 10.8. The summed E-state index contributed by atoms with van der Waals surface area (Å²) in [7, 11) is 1.83. The van der Waals surface area contributed by atoms with Crippen molar-refractivity contribution in [1.82, 2.24) is 10.3 Å².